The van der Waals surface area contributed by atoms with Crippen LogP contribution in [0.5, 0.6) is 0 Å². The predicted octanol–water partition coefficient (Wildman–Crippen LogP) is 3.52. The molecule has 0 aromatic heterocycles. The van der Waals surface area contributed by atoms with Crippen molar-refractivity contribution in [1.29, 1.82) is 0 Å². The molecule has 1 unspecified atom stereocenters. The molecule has 0 radical (unpaired) electrons. The fraction of sp³-hybridized carbons (Fsp3) is 0.333. The second-order valence-electron chi connectivity index (χ2n) is 5.37. The summed E-state index contributed by atoms with van der Waals surface area (Å²) < 4.78 is 0. The Hall–Kier alpha value is -1.64. The molecule has 0 amide bonds. The van der Waals surface area contributed by atoms with Gasteiger partial charge in [0.2, 0.25) is 0 Å². The van der Waals surface area contributed by atoms with Gasteiger partial charge in [-0.05, 0) is 17.7 Å². The van der Waals surface area contributed by atoms with Gasteiger partial charge in [0.25, 0.3) is 0 Å². The van der Waals surface area contributed by atoms with Crippen LogP contribution in [0.25, 0.3) is 0 Å². The minimum Gasteiger partial charge on any atom is -0.283 e. The number of hydrogen-bond donors (Lipinski definition) is 0. The lowest BCUT2D eigenvalue weighted by molar-refractivity contribution is 0.136. The second-order valence-corrected chi connectivity index (χ2v) is 5.37. The van der Waals surface area contributed by atoms with E-state index in [9.17, 15) is 0 Å². The number of rotatable bonds is 4. The molecular formula is C18H22N2. The number of hydrogen-bond acceptors (Lipinski definition) is 2. The minimum atomic E-state index is 0.418. The van der Waals surface area contributed by atoms with Crippen molar-refractivity contribution in [2.45, 2.75) is 19.6 Å². The van der Waals surface area contributed by atoms with Gasteiger partial charge < -0.3 is 0 Å². The molecular weight excluding hydrogens is 244 g/mol. The van der Waals surface area contributed by atoms with Crippen LogP contribution in [0.1, 0.15) is 24.2 Å². The maximum Gasteiger partial charge on any atom is 0.0889 e. The van der Waals surface area contributed by atoms with E-state index in [0.717, 1.165) is 26.2 Å². The lowest BCUT2D eigenvalue weighted by Gasteiger charge is -2.30. The molecule has 20 heavy (non-hydrogen) atoms. The molecule has 1 fully saturated rings. The maximum atomic E-state index is 2.58. The van der Waals surface area contributed by atoms with Crippen molar-refractivity contribution in [2.24, 2.45) is 0 Å². The third kappa shape index (κ3) is 2.77. The van der Waals surface area contributed by atoms with Gasteiger partial charge in [0, 0.05) is 19.6 Å². The zero-order valence-electron chi connectivity index (χ0n) is 12.1. The lowest BCUT2D eigenvalue weighted by atomic mass is 10.1. The highest BCUT2D eigenvalue weighted by molar-refractivity contribution is 5.21. The van der Waals surface area contributed by atoms with E-state index in [1.54, 1.807) is 0 Å². The fourth-order valence-corrected chi connectivity index (χ4v) is 3.09. The summed E-state index contributed by atoms with van der Waals surface area (Å²) in [5.41, 5.74) is 2.80. The van der Waals surface area contributed by atoms with Crippen molar-refractivity contribution in [1.82, 2.24) is 9.80 Å². The van der Waals surface area contributed by atoms with Gasteiger partial charge in [0.15, 0.2) is 0 Å². The van der Waals surface area contributed by atoms with Crippen LogP contribution in [0, 0.1) is 0 Å². The van der Waals surface area contributed by atoms with Crippen LogP contribution in [-0.2, 0) is 6.54 Å². The molecule has 0 saturated carbocycles. The Morgan fingerprint density at radius 1 is 0.850 bits per heavy atom. The predicted molar refractivity (Wildman–Crippen MR) is 83.3 cm³/mol. The molecule has 1 aliphatic rings. The van der Waals surface area contributed by atoms with Gasteiger partial charge in [0.05, 0.1) is 6.17 Å². The van der Waals surface area contributed by atoms with Crippen molar-refractivity contribution >= 4 is 0 Å². The van der Waals surface area contributed by atoms with E-state index in [4.69, 9.17) is 0 Å². The standard InChI is InChI=1S/C18H22N2/c1-2-19-13-14-20(15-16-9-5-3-6-10-16)18(19)17-11-7-4-8-12-17/h3-12,18H,2,13-15H2,1H3. The molecule has 0 bridgehead atoms. The topological polar surface area (TPSA) is 6.48 Å². The summed E-state index contributed by atoms with van der Waals surface area (Å²) in [6, 6.07) is 21.6. The Kier molecular flexibility index (Phi) is 4.14. The van der Waals surface area contributed by atoms with Crippen LogP contribution in [0.3, 0.4) is 0 Å². The molecule has 1 heterocycles. The van der Waals surface area contributed by atoms with E-state index in [1.165, 1.54) is 11.1 Å². The van der Waals surface area contributed by atoms with E-state index < -0.39 is 0 Å². The number of benzene rings is 2. The first-order chi connectivity index (χ1) is 9.88. The zero-order valence-corrected chi connectivity index (χ0v) is 12.1. The Balaban J connectivity index is 1.83. The molecule has 0 N–H and O–H groups in total. The summed E-state index contributed by atoms with van der Waals surface area (Å²) >= 11 is 0. The van der Waals surface area contributed by atoms with Crippen molar-refractivity contribution in [3.05, 3.63) is 71.8 Å². The average molecular weight is 266 g/mol. The van der Waals surface area contributed by atoms with Gasteiger partial charge >= 0.3 is 0 Å². The summed E-state index contributed by atoms with van der Waals surface area (Å²) in [5, 5.41) is 0. The van der Waals surface area contributed by atoms with E-state index in [0.29, 0.717) is 6.17 Å². The largest absolute Gasteiger partial charge is 0.283 e. The van der Waals surface area contributed by atoms with Crippen molar-refractivity contribution in [2.75, 3.05) is 19.6 Å². The van der Waals surface area contributed by atoms with Crippen LogP contribution < -0.4 is 0 Å². The van der Waals surface area contributed by atoms with E-state index in [-0.39, 0.29) is 0 Å². The maximum absolute atomic E-state index is 2.58. The second kappa shape index (κ2) is 6.21. The molecule has 2 aromatic rings. The quantitative estimate of drug-likeness (QED) is 0.835. The average Bonchev–Trinajstić information content (AvgIpc) is 2.92. The molecule has 104 valence electrons. The summed E-state index contributed by atoms with van der Waals surface area (Å²) in [7, 11) is 0. The first kappa shape index (κ1) is 13.3. The van der Waals surface area contributed by atoms with Crippen LogP contribution in [0.15, 0.2) is 60.7 Å². The van der Waals surface area contributed by atoms with Gasteiger partial charge in [0.1, 0.15) is 0 Å². The summed E-state index contributed by atoms with van der Waals surface area (Å²) in [5.74, 6) is 0. The molecule has 0 aliphatic carbocycles. The smallest absolute Gasteiger partial charge is 0.0889 e. The zero-order chi connectivity index (χ0) is 13.8. The summed E-state index contributed by atoms with van der Waals surface area (Å²) in [6.07, 6.45) is 0.418. The van der Waals surface area contributed by atoms with Gasteiger partial charge in [-0.1, -0.05) is 67.6 Å². The Morgan fingerprint density at radius 3 is 2.10 bits per heavy atom. The minimum absolute atomic E-state index is 0.418. The normalized spacial score (nSPS) is 20.4. The molecule has 1 aliphatic heterocycles. The third-order valence-corrected chi connectivity index (χ3v) is 4.10. The fourth-order valence-electron chi connectivity index (χ4n) is 3.09. The summed E-state index contributed by atoms with van der Waals surface area (Å²) in [4.78, 5) is 5.13. The van der Waals surface area contributed by atoms with Crippen molar-refractivity contribution in [3.8, 4) is 0 Å². The highest BCUT2D eigenvalue weighted by Gasteiger charge is 2.31. The van der Waals surface area contributed by atoms with Crippen molar-refractivity contribution in [3.63, 3.8) is 0 Å². The van der Waals surface area contributed by atoms with Crippen LogP contribution >= 0.6 is 0 Å². The van der Waals surface area contributed by atoms with Crippen molar-refractivity contribution < 1.29 is 0 Å². The Labute approximate surface area is 121 Å². The number of likely N-dealkylation sites (N-methyl/N-ethyl adjacent to an activating group) is 1. The molecule has 2 aromatic carbocycles. The van der Waals surface area contributed by atoms with E-state index in [2.05, 4.69) is 77.4 Å². The molecule has 3 rings (SSSR count). The molecule has 1 saturated heterocycles. The number of nitrogens with zero attached hydrogens (tertiary/aromatic N) is 2. The monoisotopic (exact) mass is 266 g/mol. The first-order valence-corrected chi connectivity index (χ1v) is 7.45. The molecule has 0 spiro atoms. The lowest BCUT2D eigenvalue weighted by Crippen LogP contribution is -2.30. The first-order valence-electron chi connectivity index (χ1n) is 7.45. The van der Waals surface area contributed by atoms with Crippen LogP contribution in [0.4, 0.5) is 0 Å². The van der Waals surface area contributed by atoms with Gasteiger partial charge in [-0.25, -0.2) is 0 Å². The van der Waals surface area contributed by atoms with Gasteiger partial charge in [-0.15, -0.1) is 0 Å². The SMILES string of the molecule is CCN1CCN(Cc2ccccc2)C1c1ccccc1. The molecule has 2 nitrogen and oxygen atoms in total. The Bertz CT molecular complexity index is 524. The Morgan fingerprint density at radius 2 is 1.45 bits per heavy atom. The third-order valence-electron chi connectivity index (χ3n) is 4.10. The van der Waals surface area contributed by atoms with Crippen LogP contribution in [-0.4, -0.2) is 29.4 Å². The van der Waals surface area contributed by atoms with E-state index in [1.807, 2.05) is 0 Å². The summed E-state index contributed by atoms with van der Waals surface area (Å²) in [6.45, 7) is 6.68. The van der Waals surface area contributed by atoms with Gasteiger partial charge in [-0.2, -0.15) is 0 Å². The van der Waals surface area contributed by atoms with E-state index >= 15 is 0 Å². The highest BCUT2D eigenvalue weighted by Crippen LogP contribution is 2.30. The highest BCUT2D eigenvalue weighted by atomic mass is 15.4. The molecule has 2 heteroatoms. The van der Waals surface area contributed by atoms with Gasteiger partial charge in [-0.3, -0.25) is 9.80 Å². The van der Waals surface area contributed by atoms with Crippen LogP contribution in [0.2, 0.25) is 0 Å². The molecule has 1 atom stereocenters.